The van der Waals surface area contributed by atoms with Crippen molar-refractivity contribution < 1.29 is 13.6 Å². The lowest BCUT2D eigenvalue weighted by atomic mass is 9.94. The van der Waals surface area contributed by atoms with Crippen LogP contribution in [0.2, 0.25) is 0 Å². The van der Waals surface area contributed by atoms with Gasteiger partial charge in [0.15, 0.2) is 0 Å². The lowest BCUT2D eigenvalue weighted by Gasteiger charge is -2.23. The minimum atomic E-state index is -0.501. The summed E-state index contributed by atoms with van der Waals surface area (Å²) in [5.74, 6) is -0.575. The third-order valence-electron chi connectivity index (χ3n) is 5.72. The minimum Gasteiger partial charge on any atom is -0.340 e. The Labute approximate surface area is 151 Å². The van der Waals surface area contributed by atoms with Gasteiger partial charge in [-0.1, -0.05) is 30.3 Å². The van der Waals surface area contributed by atoms with Gasteiger partial charge in [-0.2, -0.15) is 0 Å². The Morgan fingerprint density at radius 1 is 1.12 bits per heavy atom. The molecule has 3 nitrogen and oxygen atoms in total. The topological polar surface area (TPSA) is 46.3 Å². The fourth-order valence-electron chi connectivity index (χ4n) is 4.04. The first-order valence-electron chi connectivity index (χ1n) is 9.02. The molecule has 0 bridgehead atoms. The van der Waals surface area contributed by atoms with Crippen molar-refractivity contribution in [1.82, 2.24) is 4.90 Å². The van der Waals surface area contributed by atoms with Crippen LogP contribution >= 0.6 is 0 Å². The van der Waals surface area contributed by atoms with Crippen LogP contribution in [0.15, 0.2) is 48.5 Å². The van der Waals surface area contributed by atoms with Gasteiger partial charge in [-0.3, -0.25) is 4.79 Å². The van der Waals surface area contributed by atoms with Gasteiger partial charge in [-0.05, 0) is 48.6 Å². The van der Waals surface area contributed by atoms with Gasteiger partial charge in [0.2, 0.25) is 5.91 Å². The van der Waals surface area contributed by atoms with Crippen LogP contribution in [0.25, 0.3) is 0 Å². The van der Waals surface area contributed by atoms with Gasteiger partial charge in [0.05, 0.1) is 5.41 Å². The van der Waals surface area contributed by atoms with E-state index in [4.69, 9.17) is 5.73 Å². The van der Waals surface area contributed by atoms with Crippen LogP contribution in [0.1, 0.15) is 29.9 Å². The van der Waals surface area contributed by atoms with Crippen LogP contribution in [-0.4, -0.2) is 29.9 Å². The summed E-state index contributed by atoms with van der Waals surface area (Å²) in [6, 6.07) is 12.8. The van der Waals surface area contributed by atoms with Crippen molar-refractivity contribution >= 4 is 5.91 Å². The van der Waals surface area contributed by atoms with Crippen LogP contribution in [0.5, 0.6) is 0 Å². The van der Waals surface area contributed by atoms with Gasteiger partial charge in [0.1, 0.15) is 11.6 Å². The minimum absolute atomic E-state index is 0.0510. The van der Waals surface area contributed by atoms with E-state index < -0.39 is 5.41 Å². The quantitative estimate of drug-likeness (QED) is 0.914. The normalized spacial score (nSPS) is 23.9. The molecule has 5 heteroatoms. The fraction of sp³-hybridized carbons (Fsp3) is 0.381. The number of likely N-dealkylation sites (tertiary alicyclic amines) is 1. The van der Waals surface area contributed by atoms with Crippen molar-refractivity contribution in [2.75, 3.05) is 13.1 Å². The van der Waals surface area contributed by atoms with Crippen LogP contribution in [0, 0.1) is 17.0 Å². The molecule has 26 heavy (non-hydrogen) atoms. The van der Waals surface area contributed by atoms with Crippen molar-refractivity contribution in [2.45, 2.75) is 31.2 Å². The lowest BCUT2D eigenvalue weighted by molar-refractivity contribution is -0.136. The smallest absolute Gasteiger partial charge is 0.229 e. The average Bonchev–Trinajstić information content (AvgIpc) is 3.30. The first kappa shape index (κ1) is 17.2. The highest BCUT2D eigenvalue weighted by atomic mass is 19.1. The summed E-state index contributed by atoms with van der Waals surface area (Å²) in [7, 11) is 0. The Balaban J connectivity index is 1.50. The summed E-state index contributed by atoms with van der Waals surface area (Å²) in [6.07, 6.45) is 1.97. The predicted octanol–water partition coefficient (Wildman–Crippen LogP) is 3.24. The van der Waals surface area contributed by atoms with Crippen molar-refractivity contribution in [3.63, 3.8) is 0 Å². The highest BCUT2D eigenvalue weighted by molar-refractivity contribution is 5.86. The number of amides is 1. The lowest BCUT2D eigenvalue weighted by Crippen LogP contribution is -2.38. The molecule has 2 aromatic rings. The number of halogens is 2. The molecule has 1 saturated heterocycles. The Kier molecular flexibility index (Phi) is 4.27. The number of nitrogens with two attached hydrogens (primary N) is 1. The number of nitrogens with zero attached hydrogens (tertiary/aromatic N) is 1. The number of carbonyl (C=O) groups excluding carboxylic acids is 1. The maximum Gasteiger partial charge on any atom is 0.229 e. The van der Waals surface area contributed by atoms with Gasteiger partial charge in [0, 0.05) is 25.0 Å². The molecule has 0 spiro atoms. The van der Waals surface area contributed by atoms with E-state index >= 15 is 0 Å². The second-order valence-electron chi connectivity index (χ2n) is 7.58. The van der Waals surface area contributed by atoms with Crippen LogP contribution in [0.4, 0.5) is 8.78 Å². The number of rotatable bonds is 4. The summed E-state index contributed by atoms with van der Waals surface area (Å²) < 4.78 is 27.5. The van der Waals surface area contributed by atoms with E-state index in [2.05, 4.69) is 0 Å². The zero-order chi connectivity index (χ0) is 18.3. The van der Waals surface area contributed by atoms with E-state index in [0.29, 0.717) is 25.1 Å². The van der Waals surface area contributed by atoms with Crippen LogP contribution in [-0.2, 0) is 11.2 Å². The Morgan fingerprint density at radius 3 is 2.58 bits per heavy atom. The SMILES string of the molecule is N[C@@H]1CN(C(=O)C2(Cc3ccccc3F)CC2)C[C@H]1c1cccc(F)c1. The van der Waals surface area contributed by atoms with E-state index in [9.17, 15) is 13.6 Å². The number of hydrogen-bond acceptors (Lipinski definition) is 2. The molecular formula is C21H22F2N2O. The van der Waals surface area contributed by atoms with Gasteiger partial charge in [-0.25, -0.2) is 8.78 Å². The molecule has 2 aliphatic rings. The van der Waals surface area contributed by atoms with Gasteiger partial charge >= 0.3 is 0 Å². The average molecular weight is 356 g/mol. The fourth-order valence-corrected chi connectivity index (χ4v) is 4.04. The van der Waals surface area contributed by atoms with Crippen molar-refractivity contribution in [2.24, 2.45) is 11.1 Å². The highest BCUT2D eigenvalue weighted by Gasteiger charge is 2.53. The molecule has 2 N–H and O–H groups in total. The van der Waals surface area contributed by atoms with E-state index in [-0.39, 0.29) is 29.5 Å². The molecule has 0 unspecified atom stereocenters. The molecule has 0 radical (unpaired) electrons. The molecule has 136 valence electrons. The second-order valence-corrected chi connectivity index (χ2v) is 7.58. The number of benzene rings is 2. The van der Waals surface area contributed by atoms with E-state index in [1.165, 1.54) is 18.2 Å². The zero-order valence-electron chi connectivity index (χ0n) is 14.5. The third kappa shape index (κ3) is 3.12. The zero-order valence-corrected chi connectivity index (χ0v) is 14.5. The first-order chi connectivity index (χ1) is 12.5. The maximum atomic E-state index is 14.0. The molecule has 0 aromatic heterocycles. The number of hydrogen-bond donors (Lipinski definition) is 1. The molecule has 1 amide bonds. The summed E-state index contributed by atoms with van der Waals surface area (Å²) in [5.41, 5.74) is 7.16. The largest absolute Gasteiger partial charge is 0.340 e. The van der Waals surface area contributed by atoms with Crippen LogP contribution < -0.4 is 5.73 Å². The van der Waals surface area contributed by atoms with E-state index in [0.717, 1.165) is 18.4 Å². The first-order valence-corrected chi connectivity index (χ1v) is 9.02. The molecule has 2 aromatic carbocycles. The Morgan fingerprint density at radius 2 is 1.88 bits per heavy atom. The second kappa shape index (κ2) is 6.47. The maximum absolute atomic E-state index is 14.0. The van der Waals surface area contributed by atoms with Crippen molar-refractivity contribution in [1.29, 1.82) is 0 Å². The molecular weight excluding hydrogens is 334 g/mol. The van der Waals surface area contributed by atoms with Crippen molar-refractivity contribution in [3.05, 3.63) is 71.3 Å². The van der Waals surface area contributed by atoms with E-state index in [1.807, 2.05) is 6.07 Å². The Hall–Kier alpha value is -2.27. The summed E-state index contributed by atoms with van der Waals surface area (Å²) >= 11 is 0. The van der Waals surface area contributed by atoms with Crippen LogP contribution in [0.3, 0.4) is 0 Å². The third-order valence-corrected chi connectivity index (χ3v) is 5.72. The van der Waals surface area contributed by atoms with Gasteiger partial charge in [0.25, 0.3) is 0 Å². The molecule has 1 aliphatic carbocycles. The molecule has 1 aliphatic heterocycles. The number of carbonyl (C=O) groups is 1. The summed E-state index contributed by atoms with van der Waals surface area (Å²) in [5, 5.41) is 0. The molecule has 1 saturated carbocycles. The summed E-state index contributed by atoms with van der Waals surface area (Å²) in [6.45, 7) is 0.946. The van der Waals surface area contributed by atoms with Crippen molar-refractivity contribution in [3.8, 4) is 0 Å². The molecule has 2 atom stereocenters. The molecule has 4 rings (SSSR count). The Bertz CT molecular complexity index is 834. The standard InChI is InChI=1S/C21H22F2N2O/c22-16-6-3-5-14(10-16)17-12-25(13-19(17)24)20(26)21(8-9-21)11-15-4-1-2-7-18(15)23/h1-7,10,17,19H,8-9,11-13,24H2/t17-,19+/m0/s1. The molecule has 1 heterocycles. The van der Waals surface area contributed by atoms with Gasteiger partial charge < -0.3 is 10.6 Å². The monoisotopic (exact) mass is 356 g/mol. The summed E-state index contributed by atoms with van der Waals surface area (Å²) in [4.78, 5) is 14.9. The predicted molar refractivity (Wildman–Crippen MR) is 95.5 cm³/mol. The highest BCUT2D eigenvalue weighted by Crippen LogP contribution is 2.51. The van der Waals surface area contributed by atoms with E-state index in [1.54, 1.807) is 29.2 Å². The molecule has 2 fully saturated rings. The van der Waals surface area contributed by atoms with Gasteiger partial charge in [-0.15, -0.1) is 0 Å².